The Morgan fingerprint density at radius 3 is 2.62 bits per heavy atom. The molecule has 1 saturated heterocycles. The molecular weight excluding hydrogens is 352 g/mol. The number of H-pyrrole nitrogens is 1. The summed E-state index contributed by atoms with van der Waals surface area (Å²) in [6.07, 6.45) is 4.55. The van der Waals surface area contributed by atoms with Crippen LogP contribution in [0.5, 0.6) is 0 Å². The summed E-state index contributed by atoms with van der Waals surface area (Å²) < 4.78 is 27.0. The summed E-state index contributed by atoms with van der Waals surface area (Å²) in [5.41, 5.74) is 4.14. The molecule has 1 aromatic carbocycles. The molecule has 1 fully saturated rings. The van der Waals surface area contributed by atoms with E-state index in [1.807, 2.05) is 12.1 Å². The van der Waals surface area contributed by atoms with E-state index >= 15 is 0 Å². The molecule has 0 bridgehead atoms. The van der Waals surface area contributed by atoms with Crippen LogP contribution in [0.1, 0.15) is 42.2 Å². The molecule has 3 rings (SSSR count). The van der Waals surface area contributed by atoms with Gasteiger partial charge in [0.1, 0.15) is 0 Å². The highest BCUT2D eigenvalue weighted by Crippen LogP contribution is 2.21. The summed E-state index contributed by atoms with van der Waals surface area (Å²) in [5.74, 6) is -0.452. The Labute approximate surface area is 153 Å². The number of benzene rings is 1. The molecule has 1 aliphatic rings. The van der Waals surface area contributed by atoms with E-state index in [1.165, 1.54) is 16.4 Å². The Morgan fingerprint density at radius 1 is 1.15 bits per heavy atom. The van der Waals surface area contributed by atoms with E-state index in [4.69, 9.17) is 0 Å². The number of carbonyl (C=O) groups is 1. The van der Waals surface area contributed by atoms with Gasteiger partial charge in [0.15, 0.2) is 0 Å². The second-order valence-electron chi connectivity index (χ2n) is 6.21. The van der Waals surface area contributed by atoms with Gasteiger partial charge in [-0.3, -0.25) is 4.79 Å². The molecule has 0 unspecified atom stereocenters. The minimum absolute atomic E-state index is 0.136. The van der Waals surface area contributed by atoms with E-state index in [0.717, 1.165) is 25.0 Å². The molecule has 2 heterocycles. The molecule has 0 saturated carbocycles. The Kier molecular flexibility index (Phi) is 5.53. The second kappa shape index (κ2) is 7.84. The lowest BCUT2D eigenvalue weighted by atomic mass is 10.2. The largest absolute Gasteiger partial charge is 0.360 e. The molecule has 1 aromatic heterocycles. The molecule has 138 valence electrons. The van der Waals surface area contributed by atoms with Gasteiger partial charge in [0.05, 0.1) is 16.3 Å². The molecule has 0 aliphatic carbocycles. The predicted octanol–water partition coefficient (Wildman–Crippen LogP) is 2.34. The van der Waals surface area contributed by atoms with Crippen molar-refractivity contribution in [3.05, 3.63) is 53.9 Å². The summed E-state index contributed by atoms with van der Waals surface area (Å²) >= 11 is 0. The number of amides is 1. The van der Waals surface area contributed by atoms with Crippen molar-refractivity contribution in [2.75, 3.05) is 13.1 Å². The van der Waals surface area contributed by atoms with E-state index in [9.17, 15) is 13.2 Å². The highest BCUT2D eigenvalue weighted by molar-refractivity contribution is 7.89. The van der Waals surface area contributed by atoms with Gasteiger partial charge < -0.3 is 4.98 Å². The lowest BCUT2D eigenvalue weighted by Gasteiger charge is -2.25. The number of hydrogen-bond donors (Lipinski definition) is 2. The molecule has 0 radical (unpaired) electrons. The molecule has 1 amide bonds. The van der Waals surface area contributed by atoms with Crippen LogP contribution in [-0.4, -0.2) is 42.4 Å². The summed E-state index contributed by atoms with van der Waals surface area (Å²) in [6.45, 7) is 2.82. The van der Waals surface area contributed by atoms with Crippen LogP contribution >= 0.6 is 0 Å². The first-order valence-electron chi connectivity index (χ1n) is 8.57. The SMILES string of the molecule is CC(=NNC(=O)c1cccc(S(=O)(=O)N2CCCCC2)c1)c1ccc[nH]1. The van der Waals surface area contributed by atoms with Gasteiger partial charge in [0.2, 0.25) is 10.0 Å². The van der Waals surface area contributed by atoms with Crippen molar-refractivity contribution in [2.24, 2.45) is 5.10 Å². The van der Waals surface area contributed by atoms with Crippen LogP contribution in [0.15, 0.2) is 52.6 Å². The monoisotopic (exact) mass is 374 g/mol. The quantitative estimate of drug-likeness (QED) is 0.621. The highest BCUT2D eigenvalue weighted by Gasteiger charge is 2.26. The van der Waals surface area contributed by atoms with Gasteiger partial charge in [0, 0.05) is 24.8 Å². The Morgan fingerprint density at radius 2 is 1.92 bits per heavy atom. The average molecular weight is 374 g/mol. The van der Waals surface area contributed by atoms with Crippen molar-refractivity contribution < 1.29 is 13.2 Å². The van der Waals surface area contributed by atoms with Gasteiger partial charge in [-0.1, -0.05) is 12.5 Å². The zero-order valence-electron chi connectivity index (χ0n) is 14.6. The zero-order chi connectivity index (χ0) is 18.6. The molecule has 2 N–H and O–H groups in total. The number of nitrogens with zero attached hydrogens (tertiary/aromatic N) is 2. The number of rotatable bonds is 5. The van der Waals surface area contributed by atoms with E-state index < -0.39 is 15.9 Å². The van der Waals surface area contributed by atoms with Gasteiger partial charge in [-0.2, -0.15) is 9.41 Å². The van der Waals surface area contributed by atoms with Crippen LogP contribution in [0.4, 0.5) is 0 Å². The van der Waals surface area contributed by atoms with Crippen molar-refractivity contribution in [1.29, 1.82) is 0 Å². The minimum Gasteiger partial charge on any atom is -0.360 e. The average Bonchev–Trinajstić information content (AvgIpc) is 3.21. The number of aromatic amines is 1. The first kappa shape index (κ1) is 18.3. The summed E-state index contributed by atoms with van der Waals surface area (Å²) in [4.78, 5) is 15.5. The fraction of sp³-hybridized carbons (Fsp3) is 0.333. The topological polar surface area (TPSA) is 94.6 Å². The third-order valence-corrected chi connectivity index (χ3v) is 6.26. The maximum Gasteiger partial charge on any atom is 0.271 e. The summed E-state index contributed by atoms with van der Waals surface area (Å²) in [7, 11) is -3.57. The van der Waals surface area contributed by atoms with Crippen molar-refractivity contribution in [2.45, 2.75) is 31.1 Å². The van der Waals surface area contributed by atoms with Gasteiger partial charge in [-0.05, 0) is 50.1 Å². The van der Waals surface area contributed by atoms with Crippen LogP contribution in [0, 0.1) is 0 Å². The maximum atomic E-state index is 12.7. The third kappa shape index (κ3) is 4.03. The second-order valence-corrected chi connectivity index (χ2v) is 8.15. The molecule has 26 heavy (non-hydrogen) atoms. The van der Waals surface area contributed by atoms with E-state index in [2.05, 4.69) is 15.5 Å². The number of piperidine rings is 1. The van der Waals surface area contributed by atoms with E-state index in [-0.39, 0.29) is 10.5 Å². The Balaban J connectivity index is 1.76. The van der Waals surface area contributed by atoms with Crippen LogP contribution in [0.2, 0.25) is 0 Å². The Bertz CT molecular complexity index is 898. The molecule has 1 aliphatic heterocycles. The smallest absolute Gasteiger partial charge is 0.271 e. The first-order chi connectivity index (χ1) is 12.5. The summed E-state index contributed by atoms with van der Waals surface area (Å²) in [5, 5.41) is 4.05. The molecule has 2 aromatic rings. The first-order valence-corrected chi connectivity index (χ1v) is 10.0. The van der Waals surface area contributed by atoms with Crippen LogP contribution in [0.3, 0.4) is 0 Å². The minimum atomic E-state index is -3.57. The fourth-order valence-electron chi connectivity index (χ4n) is 2.87. The zero-order valence-corrected chi connectivity index (χ0v) is 15.4. The van der Waals surface area contributed by atoms with E-state index in [1.54, 1.807) is 25.3 Å². The highest BCUT2D eigenvalue weighted by atomic mass is 32.2. The molecule has 0 atom stereocenters. The molecule has 8 heteroatoms. The van der Waals surface area contributed by atoms with Crippen LogP contribution < -0.4 is 5.43 Å². The van der Waals surface area contributed by atoms with E-state index in [0.29, 0.717) is 18.8 Å². The van der Waals surface area contributed by atoms with Crippen molar-refractivity contribution >= 4 is 21.6 Å². The standard InChI is InChI=1S/C18H22N4O3S/c1-14(17-9-6-10-19-17)20-21-18(23)15-7-5-8-16(13-15)26(24,25)22-11-3-2-4-12-22/h5-10,13,19H,2-4,11-12H2,1H3,(H,21,23). The normalized spacial score (nSPS) is 16.4. The van der Waals surface area contributed by atoms with Crippen molar-refractivity contribution in [3.63, 3.8) is 0 Å². The van der Waals surface area contributed by atoms with Gasteiger partial charge >= 0.3 is 0 Å². The number of carbonyl (C=O) groups excluding carboxylic acids is 1. The number of nitrogens with one attached hydrogen (secondary N) is 2. The molecule has 0 spiro atoms. The van der Waals surface area contributed by atoms with Crippen LogP contribution in [-0.2, 0) is 10.0 Å². The number of sulfonamides is 1. The van der Waals surface area contributed by atoms with Gasteiger partial charge in [-0.15, -0.1) is 0 Å². The maximum absolute atomic E-state index is 12.7. The number of hydrogen-bond acceptors (Lipinski definition) is 4. The van der Waals surface area contributed by atoms with Crippen molar-refractivity contribution in [3.8, 4) is 0 Å². The predicted molar refractivity (Wildman–Crippen MR) is 99.5 cm³/mol. The fourth-order valence-corrected chi connectivity index (χ4v) is 4.43. The lowest BCUT2D eigenvalue weighted by Crippen LogP contribution is -2.35. The molecular formula is C18H22N4O3S. The Hall–Kier alpha value is -2.45. The number of hydrazone groups is 1. The summed E-state index contributed by atoms with van der Waals surface area (Å²) in [6, 6.07) is 9.76. The third-order valence-electron chi connectivity index (χ3n) is 4.36. The lowest BCUT2D eigenvalue weighted by molar-refractivity contribution is 0.0954. The van der Waals surface area contributed by atoms with Gasteiger partial charge in [-0.25, -0.2) is 13.8 Å². The number of aromatic nitrogens is 1. The molecule has 7 nitrogen and oxygen atoms in total. The van der Waals surface area contributed by atoms with Crippen molar-refractivity contribution in [1.82, 2.24) is 14.7 Å². The van der Waals surface area contributed by atoms with Gasteiger partial charge in [0.25, 0.3) is 5.91 Å². The van der Waals surface area contributed by atoms with Crippen LogP contribution in [0.25, 0.3) is 0 Å².